The maximum atomic E-state index is 14.2. The molecular formula is C34H30N4O4S. The lowest BCUT2D eigenvalue weighted by Gasteiger charge is -2.40. The number of amides is 2. The van der Waals surface area contributed by atoms with Crippen LogP contribution in [0.25, 0.3) is 10.9 Å². The van der Waals surface area contributed by atoms with Crippen molar-refractivity contribution in [3.8, 4) is 0 Å². The second kappa shape index (κ2) is 12.2. The number of rotatable bonds is 7. The molecule has 6 rings (SSSR count). The Morgan fingerprint density at radius 1 is 0.767 bits per heavy atom. The van der Waals surface area contributed by atoms with Gasteiger partial charge in [0.15, 0.2) is 0 Å². The molecule has 5 aromatic rings. The summed E-state index contributed by atoms with van der Waals surface area (Å²) >= 11 is 0. The van der Waals surface area contributed by atoms with Crippen molar-refractivity contribution in [2.75, 3.05) is 19.6 Å². The van der Waals surface area contributed by atoms with Crippen LogP contribution in [0.5, 0.6) is 0 Å². The molecule has 1 saturated heterocycles. The van der Waals surface area contributed by atoms with Crippen LogP contribution in [0.3, 0.4) is 0 Å². The second-order valence-electron chi connectivity index (χ2n) is 10.4. The molecule has 1 aliphatic rings. The van der Waals surface area contributed by atoms with E-state index in [9.17, 15) is 18.0 Å². The second-order valence-corrected chi connectivity index (χ2v) is 12.3. The molecule has 1 N–H and O–H groups in total. The summed E-state index contributed by atoms with van der Waals surface area (Å²) in [4.78, 5) is 33.7. The highest BCUT2D eigenvalue weighted by Gasteiger charge is 2.41. The van der Waals surface area contributed by atoms with E-state index in [1.54, 1.807) is 54.7 Å². The third-order valence-electron chi connectivity index (χ3n) is 7.69. The van der Waals surface area contributed by atoms with Crippen molar-refractivity contribution >= 4 is 32.7 Å². The monoisotopic (exact) mass is 590 g/mol. The standard InChI is InChI=1S/C34H30N4O4S/c39-33(36-32(25-11-4-1-5-12-25)26-13-6-2-7-14-26)31-24-37(21-22-38(31)34(40)27-15-8-3-9-16-27)43(41,42)29-18-19-30-28(23-29)17-10-20-35-30/h1-20,23,31-32H,21-22,24H2,(H,36,39). The van der Waals surface area contributed by atoms with Gasteiger partial charge in [0.05, 0.1) is 16.5 Å². The fraction of sp³-hybridized carbons (Fsp3) is 0.147. The topological polar surface area (TPSA) is 99.7 Å². The van der Waals surface area contributed by atoms with E-state index in [0.717, 1.165) is 11.1 Å². The van der Waals surface area contributed by atoms with Gasteiger partial charge in [-0.3, -0.25) is 14.6 Å². The highest BCUT2D eigenvalue weighted by Crippen LogP contribution is 2.26. The zero-order chi connectivity index (χ0) is 29.8. The Hall–Kier alpha value is -4.86. The van der Waals surface area contributed by atoms with Crippen molar-refractivity contribution < 1.29 is 18.0 Å². The number of carbonyl (C=O) groups is 2. The molecule has 9 heteroatoms. The summed E-state index contributed by atoms with van der Waals surface area (Å²) in [6.45, 7) is -0.0772. The van der Waals surface area contributed by atoms with Crippen LogP contribution in [0.2, 0.25) is 0 Å². The van der Waals surface area contributed by atoms with Crippen LogP contribution >= 0.6 is 0 Å². The highest BCUT2D eigenvalue weighted by molar-refractivity contribution is 7.89. The first-order valence-corrected chi connectivity index (χ1v) is 15.5. The molecule has 1 aromatic heterocycles. The van der Waals surface area contributed by atoms with Crippen molar-refractivity contribution in [1.82, 2.24) is 19.5 Å². The molecule has 0 radical (unpaired) electrons. The van der Waals surface area contributed by atoms with Gasteiger partial charge in [0.25, 0.3) is 5.91 Å². The first-order chi connectivity index (χ1) is 20.9. The summed E-state index contributed by atoms with van der Waals surface area (Å²) in [5, 5.41) is 3.83. The van der Waals surface area contributed by atoms with Crippen LogP contribution < -0.4 is 5.32 Å². The number of pyridine rings is 1. The Bertz CT molecular complexity index is 1810. The van der Waals surface area contributed by atoms with Gasteiger partial charge in [0.2, 0.25) is 15.9 Å². The number of piperazine rings is 1. The van der Waals surface area contributed by atoms with Gasteiger partial charge >= 0.3 is 0 Å². The highest BCUT2D eigenvalue weighted by atomic mass is 32.2. The van der Waals surface area contributed by atoms with Crippen LogP contribution in [-0.2, 0) is 14.8 Å². The van der Waals surface area contributed by atoms with Gasteiger partial charge in [-0.1, -0.05) is 84.9 Å². The van der Waals surface area contributed by atoms with Crippen molar-refractivity contribution in [3.63, 3.8) is 0 Å². The fourth-order valence-electron chi connectivity index (χ4n) is 5.44. The molecule has 2 amide bonds. The molecule has 43 heavy (non-hydrogen) atoms. The van der Waals surface area contributed by atoms with Gasteiger partial charge < -0.3 is 10.2 Å². The van der Waals surface area contributed by atoms with E-state index in [0.29, 0.717) is 16.5 Å². The van der Waals surface area contributed by atoms with Crippen LogP contribution in [0.4, 0.5) is 0 Å². The summed E-state index contributed by atoms with van der Waals surface area (Å²) < 4.78 is 29.1. The molecule has 8 nitrogen and oxygen atoms in total. The Morgan fingerprint density at radius 2 is 1.40 bits per heavy atom. The van der Waals surface area contributed by atoms with Crippen LogP contribution in [0.15, 0.2) is 132 Å². The molecule has 1 fully saturated rings. The normalized spacial score (nSPS) is 15.8. The minimum absolute atomic E-state index is 0.0521. The summed E-state index contributed by atoms with van der Waals surface area (Å²) in [6.07, 6.45) is 1.65. The Labute approximate surface area is 250 Å². The largest absolute Gasteiger partial charge is 0.343 e. The molecule has 0 saturated carbocycles. The minimum atomic E-state index is -3.98. The number of sulfonamides is 1. The molecular weight excluding hydrogens is 560 g/mol. The van der Waals surface area contributed by atoms with Crippen molar-refractivity contribution in [1.29, 1.82) is 0 Å². The number of benzene rings is 4. The van der Waals surface area contributed by atoms with E-state index in [1.807, 2.05) is 66.7 Å². The van der Waals surface area contributed by atoms with E-state index in [2.05, 4.69) is 10.3 Å². The molecule has 0 aliphatic carbocycles. The maximum absolute atomic E-state index is 14.2. The van der Waals surface area contributed by atoms with Gasteiger partial charge in [-0.15, -0.1) is 0 Å². The zero-order valence-electron chi connectivity index (χ0n) is 23.3. The van der Waals surface area contributed by atoms with Crippen molar-refractivity contribution in [2.45, 2.75) is 17.0 Å². The van der Waals surface area contributed by atoms with Gasteiger partial charge in [0.1, 0.15) is 6.04 Å². The van der Waals surface area contributed by atoms with Crippen molar-refractivity contribution in [3.05, 3.63) is 144 Å². The van der Waals surface area contributed by atoms with Crippen LogP contribution in [0.1, 0.15) is 27.5 Å². The van der Waals surface area contributed by atoms with E-state index >= 15 is 0 Å². The molecule has 1 atom stereocenters. The fourth-order valence-corrected chi connectivity index (χ4v) is 6.92. The van der Waals surface area contributed by atoms with E-state index in [1.165, 1.54) is 15.3 Å². The first-order valence-electron chi connectivity index (χ1n) is 14.0. The zero-order valence-corrected chi connectivity index (χ0v) is 24.1. The Morgan fingerprint density at radius 3 is 2.05 bits per heavy atom. The number of nitrogens with one attached hydrogen (secondary N) is 1. The van der Waals surface area contributed by atoms with Gasteiger partial charge in [-0.25, -0.2) is 8.42 Å². The van der Waals surface area contributed by atoms with E-state index in [4.69, 9.17) is 0 Å². The van der Waals surface area contributed by atoms with Crippen molar-refractivity contribution in [2.24, 2.45) is 0 Å². The van der Waals surface area contributed by atoms with Gasteiger partial charge in [-0.05, 0) is 47.5 Å². The lowest BCUT2D eigenvalue weighted by molar-refractivity contribution is -0.127. The smallest absolute Gasteiger partial charge is 0.254 e. The summed E-state index contributed by atoms with van der Waals surface area (Å²) in [5.41, 5.74) is 2.85. The number of hydrogen-bond donors (Lipinski definition) is 1. The summed E-state index contributed by atoms with van der Waals surface area (Å²) in [5.74, 6) is -0.768. The summed E-state index contributed by atoms with van der Waals surface area (Å²) in [7, 11) is -3.98. The first kappa shape index (κ1) is 28.3. The Kier molecular flexibility index (Phi) is 8.00. The molecule has 0 spiro atoms. The predicted octanol–water partition coefficient (Wildman–Crippen LogP) is 4.66. The van der Waals surface area contributed by atoms with Gasteiger partial charge in [-0.2, -0.15) is 4.31 Å². The molecule has 216 valence electrons. The van der Waals surface area contributed by atoms with E-state index < -0.39 is 28.0 Å². The minimum Gasteiger partial charge on any atom is -0.343 e. The molecule has 1 aliphatic heterocycles. The number of hydrogen-bond acceptors (Lipinski definition) is 5. The van der Waals surface area contributed by atoms with Crippen LogP contribution in [0, 0.1) is 0 Å². The third kappa shape index (κ3) is 5.90. The van der Waals surface area contributed by atoms with Crippen LogP contribution in [-0.4, -0.2) is 60.1 Å². The quantitative estimate of drug-likeness (QED) is 0.297. The Balaban J connectivity index is 1.34. The average Bonchev–Trinajstić information content (AvgIpc) is 3.07. The lowest BCUT2D eigenvalue weighted by Crippen LogP contribution is -2.61. The lowest BCUT2D eigenvalue weighted by atomic mass is 9.98. The molecule has 1 unspecified atom stereocenters. The number of fused-ring (bicyclic) bond motifs is 1. The SMILES string of the molecule is O=C(NC(c1ccccc1)c1ccccc1)C1CN(S(=O)(=O)c2ccc3ncccc3c2)CCN1C(=O)c1ccccc1. The number of nitrogens with zero attached hydrogens (tertiary/aromatic N) is 3. The number of aromatic nitrogens is 1. The maximum Gasteiger partial charge on any atom is 0.254 e. The predicted molar refractivity (Wildman–Crippen MR) is 165 cm³/mol. The average molecular weight is 591 g/mol. The molecule has 0 bridgehead atoms. The summed E-state index contributed by atoms with van der Waals surface area (Å²) in [6, 6.07) is 34.6. The molecule has 2 heterocycles. The molecule has 4 aromatic carbocycles. The number of carbonyl (C=O) groups excluding carboxylic acids is 2. The third-order valence-corrected chi connectivity index (χ3v) is 9.55. The van der Waals surface area contributed by atoms with E-state index in [-0.39, 0.29) is 30.4 Å². The van der Waals surface area contributed by atoms with Gasteiger partial charge in [0, 0.05) is 36.8 Å².